The SMILES string of the molecule is C[C@@H](NC(=O)OC(C)(C)C)c1cccc(-c2cc(COc3ccccc3CC(=O)OC(C)(C)C)cc(OCc3nc[nH]n3)c2)c1F. The zero-order chi connectivity index (χ0) is 33.5. The van der Waals surface area contributed by atoms with Gasteiger partial charge in [0.1, 0.15) is 48.1 Å². The van der Waals surface area contributed by atoms with Crippen LogP contribution in [0, 0.1) is 5.82 Å². The van der Waals surface area contributed by atoms with Gasteiger partial charge in [-0.25, -0.2) is 14.2 Å². The number of esters is 1. The Kier molecular flexibility index (Phi) is 10.7. The van der Waals surface area contributed by atoms with E-state index in [1.165, 1.54) is 6.33 Å². The molecule has 0 saturated carbocycles. The fraction of sp³-hybridized carbons (Fsp3) is 0.371. The molecule has 3 aromatic carbocycles. The molecular formula is C35H41FN4O6. The molecule has 0 radical (unpaired) electrons. The van der Waals surface area contributed by atoms with Gasteiger partial charge in [0.05, 0.1) is 12.5 Å². The molecule has 0 spiro atoms. The summed E-state index contributed by atoms with van der Waals surface area (Å²) in [4.78, 5) is 29.0. The van der Waals surface area contributed by atoms with Crippen molar-refractivity contribution in [3.63, 3.8) is 0 Å². The Morgan fingerprint density at radius 1 is 0.913 bits per heavy atom. The Morgan fingerprint density at radius 2 is 1.65 bits per heavy atom. The fourth-order valence-corrected chi connectivity index (χ4v) is 4.59. The van der Waals surface area contributed by atoms with Crippen molar-refractivity contribution in [3.05, 3.63) is 95.3 Å². The molecule has 1 atom stereocenters. The number of benzene rings is 3. The van der Waals surface area contributed by atoms with E-state index in [1.807, 2.05) is 45.0 Å². The van der Waals surface area contributed by atoms with Crippen LogP contribution in [0.25, 0.3) is 11.1 Å². The number of alkyl carbamates (subject to hydrolysis) is 1. The number of nitrogens with one attached hydrogen (secondary N) is 2. The third-order valence-corrected chi connectivity index (χ3v) is 6.46. The van der Waals surface area contributed by atoms with Gasteiger partial charge in [0.25, 0.3) is 0 Å². The number of rotatable bonds is 11. The van der Waals surface area contributed by atoms with Gasteiger partial charge in [0.15, 0.2) is 5.82 Å². The van der Waals surface area contributed by atoms with E-state index in [1.54, 1.807) is 64.1 Å². The van der Waals surface area contributed by atoms with Crippen LogP contribution in [0.4, 0.5) is 9.18 Å². The standard InChI is InChI=1S/C35H41FN4O6/c1-22(39-33(42)46-35(5,6)7)27-12-10-13-28(32(27)36)25-15-23(16-26(17-25)43-20-30-37-21-38-40-30)19-44-29-14-9-8-11-24(29)18-31(41)45-34(2,3)4/h8-17,21-22H,18-20H2,1-7H3,(H,39,42)(H,37,38,40)/t22-/m1/s1. The van der Waals surface area contributed by atoms with Crippen molar-refractivity contribution < 1.29 is 32.9 Å². The summed E-state index contributed by atoms with van der Waals surface area (Å²) in [5.74, 6) is 0.574. The van der Waals surface area contributed by atoms with E-state index < -0.39 is 29.2 Å². The van der Waals surface area contributed by atoms with E-state index in [9.17, 15) is 9.59 Å². The molecule has 4 aromatic rings. The number of aromatic amines is 1. The Labute approximate surface area is 268 Å². The van der Waals surface area contributed by atoms with E-state index in [4.69, 9.17) is 18.9 Å². The molecule has 0 aliphatic heterocycles. The summed E-state index contributed by atoms with van der Waals surface area (Å²) in [5, 5.41) is 9.38. The maximum Gasteiger partial charge on any atom is 0.408 e. The van der Waals surface area contributed by atoms with Gasteiger partial charge in [0.2, 0.25) is 0 Å². The lowest BCUT2D eigenvalue weighted by molar-refractivity contribution is -0.153. The van der Waals surface area contributed by atoms with Gasteiger partial charge in [-0.3, -0.25) is 9.89 Å². The molecule has 0 fully saturated rings. The zero-order valence-corrected chi connectivity index (χ0v) is 27.3. The Morgan fingerprint density at radius 3 is 2.35 bits per heavy atom. The molecule has 46 heavy (non-hydrogen) atoms. The van der Waals surface area contributed by atoms with Gasteiger partial charge in [-0.1, -0.05) is 36.4 Å². The molecule has 11 heteroatoms. The minimum absolute atomic E-state index is 0.0476. The summed E-state index contributed by atoms with van der Waals surface area (Å²) in [6, 6.07) is 16.9. The molecule has 244 valence electrons. The third-order valence-electron chi connectivity index (χ3n) is 6.46. The van der Waals surface area contributed by atoms with Crippen molar-refractivity contribution in [2.45, 2.75) is 85.3 Å². The number of hydrogen-bond acceptors (Lipinski definition) is 8. The van der Waals surface area contributed by atoms with E-state index in [0.717, 1.165) is 0 Å². The van der Waals surface area contributed by atoms with Gasteiger partial charge < -0.3 is 24.3 Å². The number of amides is 1. The van der Waals surface area contributed by atoms with Crippen molar-refractivity contribution in [1.29, 1.82) is 0 Å². The fourth-order valence-electron chi connectivity index (χ4n) is 4.59. The minimum Gasteiger partial charge on any atom is -0.489 e. The second kappa shape index (κ2) is 14.4. The Balaban J connectivity index is 1.61. The zero-order valence-electron chi connectivity index (χ0n) is 27.3. The Hall–Kier alpha value is -4.93. The molecule has 0 saturated heterocycles. The van der Waals surface area contributed by atoms with Crippen LogP contribution >= 0.6 is 0 Å². The van der Waals surface area contributed by atoms with Crippen LogP contribution in [0.1, 0.15) is 77.0 Å². The monoisotopic (exact) mass is 632 g/mol. The van der Waals surface area contributed by atoms with E-state index in [0.29, 0.717) is 45.1 Å². The van der Waals surface area contributed by atoms with Crippen molar-refractivity contribution in [1.82, 2.24) is 20.5 Å². The van der Waals surface area contributed by atoms with Gasteiger partial charge in [-0.05, 0) is 83.9 Å². The number of aromatic nitrogens is 3. The van der Waals surface area contributed by atoms with Gasteiger partial charge in [-0.15, -0.1) is 0 Å². The highest BCUT2D eigenvalue weighted by atomic mass is 19.1. The van der Waals surface area contributed by atoms with Gasteiger partial charge in [-0.2, -0.15) is 5.10 Å². The molecule has 1 amide bonds. The first-order chi connectivity index (χ1) is 21.7. The van der Waals surface area contributed by atoms with Crippen LogP contribution < -0.4 is 14.8 Å². The summed E-state index contributed by atoms with van der Waals surface area (Å²) >= 11 is 0. The normalized spacial score (nSPS) is 12.3. The maximum absolute atomic E-state index is 16.1. The highest BCUT2D eigenvalue weighted by Gasteiger charge is 2.22. The largest absolute Gasteiger partial charge is 0.489 e. The molecule has 0 unspecified atom stereocenters. The summed E-state index contributed by atoms with van der Waals surface area (Å²) in [6.07, 6.45) is 0.862. The number of carbonyl (C=O) groups excluding carboxylic acids is 2. The predicted molar refractivity (Wildman–Crippen MR) is 171 cm³/mol. The van der Waals surface area contributed by atoms with Crippen LogP contribution in [-0.4, -0.2) is 38.4 Å². The highest BCUT2D eigenvalue weighted by Crippen LogP contribution is 2.33. The van der Waals surface area contributed by atoms with Crippen molar-refractivity contribution >= 4 is 12.1 Å². The molecule has 4 rings (SSSR count). The highest BCUT2D eigenvalue weighted by molar-refractivity contribution is 5.74. The first-order valence-electron chi connectivity index (χ1n) is 15.0. The number of H-pyrrole nitrogens is 1. The molecule has 10 nitrogen and oxygen atoms in total. The third kappa shape index (κ3) is 10.0. The Bertz CT molecular complexity index is 1640. The number of halogens is 1. The van der Waals surface area contributed by atoms with Crippen molar-refractivity contribution in [2.24, 2.45) is 0 Å². The van der Waals surface area contributed by atoms with E-state index >= 15 is 4.39 Å². The molecule has 1 aromatic heterocycles. The quantitative estimate of drug-likeness (QED) is 0.166. The van der Waals surface area contributed by atoms with Crippen LogP contribution in [0.15, 0.2) is 67.0 Å². The summed E-state index contributed by atoms with van der Waals surface area (Å²) in [6.45, 7) is 12.6. The number of carbonyl (C=O) groups is 2. The van der Waals surface area contributed by atoms with Gasteiger partial charge in [0, 0.05) is 16.7 Å². The first kappa shape index (κ1) is 34.0. The second-order valence-corrected chi connectivity index (χ2v) is 12.8. The van der Waals surface area contributed by atoms with E-state index in [-0.39, 0.29) is 25.6 Å². The lowest BCUT2D eigenvalue weighted by Crippen LogP contribution is -2.34. The number of ether oxygens (including phenoxy) is 4. The smallest absolute Gasteiger partial charge is 0.408 e. The summed E-state index contributed by atoms with van der Waals surface area (Å²) in [5.41, 5.74) is 1.22. The molecule has 2 N–H and O–H groups in total. The second-order valence-electron chi connectivity index (χ2n) is 12.8. The lowest BCUT2D eigenvalue weighted by Gasteiger charge is -2.22. The molecule has 1 heterocycles. The molecule has 0 bridgehead atoms. The molecular weight excluding hydrogens is 591 g/mol. The van der Waals surface area contributed by atoms with Crippen LogP contribution in [0.2, 0.25) is 0 Å². The summed E-state index contributed by atoms with van der Waals surface area (Å²) < 4.78 is 39.1. The van der Waals surface area contributed by atoms with E-state index in [2.05, 4.69) is 20.5 Å². The number of nitrogens with zero attached hydrogens (tertiary/aromatic N) is 2. The molecule has 0 aliphatic rings. The lowest BCUT2D eigenvalue weighted by atomic mass is 9.97. The van der Waals surface area contributed by atoms with Gasteiger partial charge >= 0.3 is 12.1 Å². The van der Waals surface area contributed by atoms with Crippen molar-refractivity contribution in [3.8, 4) is 22.6 Å². The van der Waals surface area contributed by atoms with Crippen molar-refractivity contribution in [2.75, 3.05) is 0 Å². The van der Waals surface area contributed by atoms with Crippen LogP contribution in [-0.2, 0) is 33.9 Å². The number of hydrogen-bond donors (Lipinski definition) is 2. The average Bonchev–Trinajstić information content (AvgIpc) is 3.47. The maximum atomic E-state index is 16.1. The first-order valence-corrected chi connectivity index (χ1v) is 15.0. The van der Waals surface area contributed by atoms with Crippen LogP contribution in [0.3, 0.4) is 0 Å². The predicted octanol–water partition coefficient (Wildman–Crippen LogP) is 7.24. The molecule has 0 aliphatic carbocycles. The summed E-state index contributed by atoms with van der Waals surface area (Å²) in [7, 11) is 0. The average molecular weight is 633 g/mol. The minimum atomic E-state index is -0.690. The topological polar surface area (TPSA) is 125 Å². The van der Waals surface area contributed by atoms with Crippen LogP contribution in [0.5, 0.6) is 11.5 Å². The number of para-hydroxylation sites is 1.